The molecule has 166 valence electrons. The molecule has 3 N–H and O–H groups in total. The summed E-state index contributed by atoms with van der Waals surface area (Å²) in [5, 5.41) is 19.3. The van der Waals surface area contributed by atoms with E-state index in [0.29, 0.717) is 18.4 Å². The van der Waals surface area contributed by atoms with Gasteiger partial charge in [-0.3, -0.25) is 14.3 Å². The van der Waals surface area contributed by atoms with Crippen molar-refractivity contribution in [2.45, 2.75) is 44.1 Å². The minimum Gasteiger partial charge on any atom is -0.393 e. The number of carbonyl (C=O) groups excluding carboxylic acids is 2. The first-order chi connectivity index (χ1) is 14.6. The summed E-state index contributed by atoms with van der Waals surface area (Å²) in [6, 6.07) is 5.40. The standard InChI is InChI=1S/C21H23F3N4O3/c1-10(11-3-5-12(6-4-11)21(22,23)24)28-17(9-16(27-28)19(30)25-2)20(31)26-18-14-7-13(29)8-15(14)18/h3-6,9-10,13-15,18,29H,7-8H2,1-2H3,(H,25,30)(H,26,31)/t10-,13?,14-,15+,18?/m1/s1. The lowest BCUT2D eigenvalue weighted by Gasteiger charge is -2.17. The molecule has 7 nitrogen and oxygen atoms in total. The number of aliphatic hydroxyl groups excluding tert-OH is 1. The first-order valence-electron chi connectivity index (χ1n) is 10.1. The second kappa shape index (κ2) is 7.67. The van der Waals surface area contributed by atoms with Gasteiger partial charge in [0.25, 0.3) is 11.8 Å². The van der Waals surface area contributed by atoms with Crippen molar-refractivity contribution >= 4 is 11.8 Å². The molecule has 2 fully saturated rings. The fourth-order valence-electron chi connectivity index (χ4n) is 4.44. The van der Waals surface area contributed by atoms with Crippen molar-refractivity contribution in [3.63, 3.8) is 0 Å². The summed E-state index contributed by atoms with van der Waals surface area (Å²) in [4.78, 5) is 25.0. The van der Waals surface area contributed by atoms with Gasteiger partial charge in [-0.25, -0.2) is 0 Å². The van der Waals surface area contributed by atoms with Crippen molar-refractivity contribution in [2.75, 3.05) is 7.05 Å². The van der Waals surface area contributed by atoms with Crippen LogP contribution < -0.4 is 10.6 Å². The van der Waals surface area contributed by atoms with Crippen LogP contribution in [0, 0.1) is 11.8 Å². The highest BCUT2D eigenvalue weighted by Crippen LogP contribution is 2.52. The fraction of sp³-hybridized carbons (Fsp3) is 0.476. The average molecular weight is 436 g/mol. The summed E-state index contributed by atoms with van der Waals surface area (Å²) in [6.45, 7) is 1.70. The minimum atomic E-state index is -4.44. The summed E-state index contributed by atoms with van der Waals surface area (Å²) in [5.41, 5.74) is -0.0650. The van der Waals surface area contributed by atoms with Crippen LogP contribution in [0.5, 0.6) is 0 Å². The van der Waals surface area contributed by atoms with E-state index < -0.39 is 29.6 Å². The number of nitrogens with zero attached hydrogens (tertiary/aromatic N) is 2. The molecule has 2 aromatic rings. The first-order valence-corrected chi connectivity index (χ1v) is 10.1. The van der Waals surface area contributed by atoms with Gasteiger partial charge in [-0.1, -0.05) is 12.1 Å². The summed E-state index contributed by atoms with van der Waals surface area (Å²) < 4.78 is 39.9. The van der Waals surface area contributed by atoms with Crippen LogP contribution in [0.15, 0.2) is 30.3 Å². The number of nitrogens with one attached hydrogen (secondary N) is 2. The molecule has 31 heavy (non-hydrogen) atoms. The molecule has 5 atom stereocenters. The minimum absolute atomic E-state index is 0.0240. The third kappa shape index (κ3) is 4.04. The highest BCUT2D eigenvalue weighted by atomic mass is 19.4. The molecule has 0 spiro atoms. The third-order valence-corrected chi connectivity index (χ3v) is 6.23. The number of benzene rings is 1. The molecule has 2 aliphatic rings. The molecule has 1 heterocycles. The molecule has 10 heteroatoms. The van der Waals surface area contributed by atoms with Crippen LogP contribution in [0.4, 0.5) is 13.2 Å². The smallest absolute Gasteiger partial charge is 0.393 e. The molecule has 2 saturated carbocycles. The Kier molecular flexibility index (Phi) is 5.28. The van der Waals surface area contributed by atoms with Crippen molar-refractivity contribution in [3.05, 3.63) is 52.8 Å². The van der Waals surface area contributed by atoms with Crippen molar-refractivity contribution in [1.29, 1.82) is 0 Å². The van der Waals surface area contributed by atoms with Gasteiger partial charge in [0.1, 0.15) is 5.69 Å². The Labute approximate surface area is 176 Å². The molecular weight excluding hydrogens is 413 g/mol. The maximum absolute atomic E-state index is 13.0. The van der Waals surface area contributed by atoms with Crippen LogP contribution in [-0.2, 0) is 6.18 Å². The zero-order valence-electron chi connectivity index (χ0n) is 17.0. The fourth-order valence-corrected chi connectivity index (χ4v) is 4.44. The number of hydrogen-bond donors (Lipinski definition) is 3. The molecule has 0 aliphatic heterocycles. The first kappa shape index (κ1) is 21.4. The Morgan fingerprint density at radius 1 is 1.16 bits per heavy atom. The van der Waals surface area contributed by atoms with Gasteiger partial charge in [-0.2, -0.15) is 18.3 Å². The van der Waals surface area contributed by atoms with Crippen LogP contribution >= 0.6 is 0 Å². The van der Waals surface area contributed by atoms with Crippen molar-refractivity contribution < 1.29 is 27.9 Å². The van der Waals surface area contributed by atoms with Crippen LogP contribution in [0.2, 0.25) is 0 Å². The molecule has 4 rings (SSSR count). The number of halogens is 3. The zero-order chi connectivity index (χ0) is 22.5. The Morgan fingerprint density at radius 3 is 2.32 bits per heavy atom. The topological polar surface area (TPSA) is 96.3 Å². The number of amides is 2. The van der Waals surface area contributed by atoms with Gasteiger partial charge in [0.15, 0.2) is 5.69 Å². The van der Waals surface area contributed by atoms with E-state index in [1.54, 1.807) is 6.92 Å². The molecule has 2 unspecified atom stereocenters. The Morgan fingerprint density at radius 2 is 1.77 bits per heavy atom. The van der Waals surface area contributed by atoms with E-state index in [2.05, 4.69) is 15.7 Å². The Bertz CT molecular complexity index is 990. The van der Waals surface area contributed by atoms with E-state index in [-0.39, 0.29) is 35.4 Å². The number of fused-ring (bicyclic) bond motifs is 1. The SMILES string of the molecule is CNC(=O)c1cc(C(=O)NC2[C@H]3CC(O)C[C@@H]23)n([C@H](C)c2ccc(C(F)(F)F)cc2)n1. The zero-order valence-corrected chi connectivity index (χ0v) is 17.0. The van der Waals surface area contributed by atoms with Gasteiger partial charge in [0.05, 0.1) is 17.7 Å². The van der Waals surface area contributed by atoms with Crippen LogP contribution in [0.25, 0.3) is 0 Å². The molecule has 1 aromatic carbocycles. The second-order valence-electron chi connectivity index (χ2n) is 8.19. The summed E-state index contributed by atoms with van der Waals surface area (Å²) in [7, 11) is 1.44. The van der Waals surface area contributed by atoms with Crippen molar-refractivity contribution in [1.82, 2.24) is 20.4 Å². The average Bonchev–Trinajstić information content (AvgIpc) is 3.10. The van der Waals surface area contributed by atoms with Gasteiger partial charge in [-0.15, -0.1) is 0 Å². The predicted molar refractivity (Wildman–Crippen MR) is 104 cm³/mol. The molecular formula is C21H23F3N4O3. The lowest BCUT2D eigenvalue weighted by molar-refractivity contribution is -0.137. The molecule has 1 aromatic heterocycles. The third-order valence-electron chi connectivity index (χ3n) is 6.23. The molecule has 2 amide bonds. The van der Waals surface area contributed by atoms with Crippen LogP contribution in [0.1, 0.15) is 57.9 Å². The van der Waals surface area contributed by atoms with Gasteiger partial charge >= 0.3 is 6.18 Å². The number of alkyl halides is 3. The lowest BCUT2D eigenvalue weighted by Crippen LogP contribution is -2.32. The van der Waals surface area contributed by atoms with Gasteiger partial charge in [-0.05, 0) is 49.3 Å². The number of hydrogen-bond acceptors (Lipinski definition) is 4. The number of aliphatic hydroxyl groups is 1. The number of carbonyl (C=O) groups is 2. The molecule has 0 radical (unpaired) electrons. The largest absolute Gasteiger partial charge is 0.416 e. The van der Waals surface area contributed by atoms with E-state index in [1.165, 1.54) is 29.9 Å². The van der Waals surface area contributed by atoms with Gasteiger partial charge in [0.2, 0.25) is 0 Å². The maximum Gasteiger partial charge on any atom is 0.416 e. The summed E-state index contributed by atoms with van der Waals surface area (Å²) >= 11 is 0. The van der Waals surface area contributed by atoms with Gasteiger partial charge < -0.3 is 15.7 Å². The lowest BCUT2D eigenvalue weighted by atomic mass is 10.1. The normalized spacial score (nSPS) is 25.6. The quantitative estimate of drug-likeness (QED) is 0.671. The summed E-state index contributed by atoms with van der Waals surface area (Å²) in [5.74, 6) is -0.378. The Hall–Kier alpha value is -2.88. The maximum atomic E-state index is 13.0. The molecule has 0 bridgehead atoms. The second-order valence-corrected chi connectivity index (χ2v) is 8.19. The predicted octanol–water partition coefficient (Wildman–Crippen LogP) is 2.37. The molecule has 0 saturated heterocycles. The van der Waals surface area contributed by atoms with E-state index >= 15 is 0 Å². The van der Waals surface area contributed by atoms with E-state index in [1.807, 2.05) is 0 Å². The number of aromatic nitrogens is 2. The van der Waals surface area contributed by atoms with E-state index in [0.717, 1.165) is 12.1 Å². The van der Waals surface area contributed by atoms with E-state index in [4.69, 9.17) is 0 Å². The van der Waals surface area contributed by atoms with Crippen LogP contribution in [0.3, 0.4) is 0 Å². The van der Waals surface area contributed by atoms with Gasteiger partial charge in [0, 0.05) is 19.2 Å². The highest BCUT2D eigenvalue weighted by Gasteiger charge is 2.56. The molecule has 2 aliphatic carbocycles. The number of rotatable bonds is 5. The monoisotopic (exact) mass is 436 g/mol. The highest BCUT2D eigenvalue weighted by molar-refractivity contribution is 5.98. The van der Waals surface area contributed by atoms with Crippen molar-refractivity contribution in [3.8, 4) is 0 Å². The Balaban J connectivity index is 1.59. The van der Waals surface area contributed by atoms with E-state index in [9.17, 15) is 27.9 Å². The summed E-state index contributed by atoms with van der Waals surface area (Å²) in [6.07, 6.45) is -3.46. The van der Waals surface area contributed by atoms with Crippen LogP contribution in [-0.4, -0.2) is 45.9 Å². The van der Waals surface area contributed by atoms with Crippen molar-refractivity contribution in [2.24, 2.45) is 11.8 Å².